The zero-order chi connectivity index (χ0) is 13.2. The Morgan fingerprint density at radius 3 is 2.61 bits per heavy atom. The van der Waals surface area contributed by atoms with Gasteiger partial charge in [-0.3, -0.25) is 0 Å². The predicted molar refractivity (Wildman–Crippen MR) is 74.8 cm³/mol. The predicted octanol–water partition coefficient (Wildman–Crippen LogP) is 3.53. The van der Waals surface area contributed by atoms with E-state index in [9.17, 15) is 8.42 Å². The topological polar surface area (TPSA) is 46.2 Å². The van der Waals surface area contributed by atoms with Crippen LogP contribution in [-0.2, 0) is 16.6 Å². The van der Waals surface area contributed by atoms with Crippen molar-refractivity contribution in [3.05, 3.63) is 51.3 Å². The van der Waals surface area contributed by atoms with Crippen molar-refractivity contribution in [2.24, 2.45) is 0 Å². The molecule has 2 rings (SSSR count). The average Bonchev–Trinajstić information content (AvgIpc) is 2.85. The summed E-state index contributed by atoms with van der Waals surface area (Å²) in [6.07, 6.45) is 0. The van der Waals surface area contributed by atoms with E-state index >= 15 is 0 Å². The van der Waals surface area contributed by atoms with Crippen LogP contribution in [0, 0.1) is 0 Å². The highest BCUT2D eigenvalue weighted by Crippen LogP contribution is 2.26. The highest BCUT2D eigenvalue weighted by atomic mass is 35.5. The van der Waals surface area contributed by atoms with E-state index in [1.54, 1.807) is 35.7 Å². The molecular weight excluding hydrogens is 313 g/mol. The number of nitrogens with one attached hydrogen (secondary N) is 1. The smallest absolute Gasteiger partial charge is 0.206 e. The molecule has 0 fully saturated rings. The number of benzene rings is 1. The van der Waals surface area contributed by atoms with Crippen LogP contribution < -0.4 is 4.72 Å². The Balaban J connectivity index is 2.15. The second kappa shape index (κ2) is 5.59. The molecule has 1 N–H and O–H groups in total. The number of sulfonamides is 1. The van der Waals surface area contributed by atoms with Gasteiger partial charge in [-0.2, -0.15) is 0 Å². The third-order valence-corrected chi connectivity index (χ3v) is 5.90. The first-order valence-corrected chi connectivity index (χ1v) is 8.08. The molecule has 0 atom stereocenters. The first-order valence-electron chi connectivity index (χ1n) is 4.97. The Kier molecular flexibility index (Phi) is 4.29. The molecule has 7 heteroatoms. The molecule has 1 aromatic heterocycles. The highest BCUT2D eigenvalue weighted by molar-refractivity contribution is 7.91. The van der Waals surface area contributed by atoms with Crippen LogP contribution in [0.25, 0.3) is 0 Å². The van der Waals surface area contributed by atoms with Gasteiger partial charge in [0, 0.05) is 6.54 Å². The maximum Gasteiger partial charge on any atom is 0.250 e. The normalized spacial score (nSPS) is 11.7. The van der Waals surface area contributed by atoms with Gasteiger partial charge in [0.1, 0.15) is 4.21 Å². The zero-order valence-corrected chi connectivity index (χ0v) is 12.2. The quantitative estimate of drug-likeness (QED) is 0.936. The number of halogens is 2. The van der Waals surface area contributed by atoms with Crippen LogP contribution in [0.2, 0.25) is 10.0 Å². The number of rotatable bonds is 4. The van der Waals surface area contributed by atoms with Crippen molar-refractivity contribution in [3.63, 3.8) is 0 Å². The highest BCUT2D eigenvalue weighted by Gasteiger charge is 2.15. The van der Waals surface area contributed by atoms with Crippen LogP contribution in [0.5, 0.6) is 0 Å². The standard InChI is InChI=1S/C11H9Cl2NO2S2/c12-9-4-1-3-8(11(9)13)7-14-18(15,16)10-5-2-6-17-10/h1-6,14H,7H2. The average molecular weight is 322 g/mol. The van der Waals surface area contributed by atoms with Crippen LogP contribution in [0.1, 0.15) is 5.56 Å². The molecule has 1 heterocycles. The lowest BCUT2D eigenvalue weighted by atomic mass is 10.2. The summed E-state index contributed by atoms with van der Waals surface area (Å²) in [4.78, 5) is 0. The Labute approximate surface area is 119 Å². The molecule has 3 nitrogen and oxygen atoms in total. The van der Waals surface area contributed by atoms with Crippen molar-refractivity contribution < 1.29 is 8.42 Å². The molecule has 0 saturated heterocycles. The second-order valence-electron chi connectivity index (χ2n) is 3.47. The fraction of sp³-hybridized carbons (Fsp3) is 0.0909. The molecule has 18 heavy (non-hydrogen) atoms. The Morgan fingerprint density at radius 1 is 1.17 bits per heavy atom. The van der Waals surface area contributed by atoms with Gasteiger partial charge in [-0.1, -0.05) is 41.4 Å². The number of thiophene rings is 1. The summed E-state index contributed by atoms with van der Waals surface area (Å²) < 4.78 is 26.5. The summed E-state index contributed by atoms with van der Waals surface area (Å²) >= 11 is 13.0. The Morgan fingerprint density at radius 2 is 1.94 bits per heavy atom. The van der Waals surface area contributed by atoms with Gasteiger partial charge in [0.05, 0.1) is 10.0 Å². The van der Waals surface area contributed by atoms with E-state index in [1.807, 2.05) is 0 Å². The maximum atomic E-state index is 11.9. The van der Waals surface area contributed by atoms with Crippen molar-refractivity contribution in [2.45, 2.75) is 10.8 Å². The minimum absolute atomic E-state index is 0.111. The van der Waals surface area contributed by atoms with Crippen LogP contribution >= 0.6 is 34.5 Å². The van der Waals surface area contributed by atoms with E-state index in [-0.39, 0.29) is 10.8 Å². The minimum atomic E-state index is -3.48. The molecule has 0 amide bonds. The molecule has 0 aliphatic heterocycles. The molecule has 0 bridgehead atoms. The van der Waals surface area contributed by atoms with Gasteiger partial charge in [-0.25, -0.2) is 13.1 Å². The van der Waals surface area contributed by atoms with E-state index in [0.29, 0.717) is 15.6 Å². The minimum Gasteiger partial charge on any atom is -0.206 e. The van der Waals surface area contributed by atoms with Gasteiger partial charge in [-0.05, 0) is 23.1 Å². The molecule has 0 radical (unpaired) electrons. The number of hydrogen-bond acceptors (Lipinski definition) is 3. The Bertz CT molecular complexity index is 639. The molecular formula is C11H9Cl2NO2S2. The van der Waals surface area contributed by atoms with Crippen LogP contribution in [0.3, 0.4) is 0 Å². The van der Waals surface area contributed by atoms with Gasteiger partial charge in [0.25, 0.3) is 0 Å². The van der Waals surface area contributed by atoms with E-state index in [4.69, 9.17) is 23.2 Å². The van der Waals surface area contributed by atoms with E-state index < -0.39 is 10.0 Å². The summed E-state index contributed by atoms with van der Waals surface area (Å²) in [5, 5.41) is 2.48. The monoisotopic (exact) mass is 321 g/mol. The van der Waals surface area contributed by atoms with E-state index in [0.717, 1.165) is 11.3 Å². The fourth-order valence-corrected chi connectivity index (χ4v) is 3.78. The SMILES string of the molecule is O=S(=O)(NCc1cccc(Cl)c1Cl)c1cccs1. The Hall–Kier alpha value is -0.590. The van der Waals surface area contributed by atoms with Crippen LogP contribution in [0.15, 0.2) is 39.9 Å². The molecule has 0 spiro atoms. The van der Waals surface area contributed by atoms with Gasteiger partial charge in [0.2, 0.25) is 10.0 Å². The zero-order valence-electron chi connectivity index (χ0n) is 9.06. The van der Waals surface area contributed by atoms with Gasteiger partial charge >= 0.3 is 0 Å². The summed E-state index contributed by atoms with van der Waals surface area (Å²) in [5.41, 5.74) is 0.643. The van der Waals surface area contributed by atoms with Crippen molar-refractivity contribution in [1.29, 1.82) is 0 Å². The van der Waals surface area contributed by atoms with Crippen LogP contribution in [0.4, 0.5) is 0 Å². The first kappa shape index (κ1) is 13.8. The molecule has 0 aliphatic rings. The summed E-state index contributed by atoms with van der Waals surface area (Å²) in [7, 11) is -3.48. The first-order chi connectivity index (χ1) is 8.50. The largest absolute Gasteiger partial charge is 0.250 e. The van der Waals surface area contributed by atoms with E-state index in [2.05, 4.69) is 4.72 Å². The van der Waals surface area contributed by atoms with Crippen molar-refractivity contribution in [1.82, 2.24) is 4.72 Å². The molecule has 2 aromatic rings. The summed E-state index contributed by atoms with van der Waals surface area (Å²) in [5.74, 6) is 0. The van der Waals surface area contributed by atoms with Crippen molar-refractivity contribution in [3.8, 4) is 0 Å². The molecule has 96 valence electrons. The summed E-state index contributed by atoms with van der Waals surface area (Å²) in [6.45, 7) is 0.111. The lowest BCUT2D eigenvalue weighted by Crippen LogP contribution is -2.22. The third kappa shape index (κ3) is 3.05. The summed E-state index contributed by atoms with van der Waals surface area (Å²) in [6, 6.07) is 8.34. The lowest BCUT2D eigenvalue weighted by Gasteiger charge is -2.07. The van der Waals surface area contributed by atoms with Crippen molar-refractivity contribution in [2.75, 3.05) is 0 Å². The maximum absolute atomic E-state index is 11.9. The number of hydrogen-bond donors (Lipinski definition) is 1. The fourth-order valence-electron chi connectivity index (χ4n) is 1.35. The second-order valence-corrected chi connectivity index (χ2v) is 7.20. The third-order valence-electron chi connectivity index (χ3n) is 2.24. The van der Waals surface area contributed by atoms with E-state index in [1.165, 1.54) is 0 Å². The lowest BCUT2D eigenvalue weighted by molar-refractivity contribution is 0.583. The van der Waals surface area contributed by atoms with Crippen LogP contribution in [-0.4, -0.2) is 8.42 Å². The van der Waals surface area contributed by atoms with Gasteiger partial charge < -0.3 is 0 Å². The van der Waals surface area contributed by atoms with Gasteiger partial charge in [-0.15, -0.1) is 11.3 Å². The molecule has 1 aromatic carbocycles. The molecule has 0 unspecified atom stereocenters. The van der Waals surface area contributed by atoms with Gasteiger partial charge in [0.15, 0.2) is 0 Å². The molecule has 0 aliphatic carbocycles. The van der Waals surface area contributed by atoms with Crippen molar-refractivity contribution >= 4 is 44.6 Å². The molecule has 0 saturated carbocycles.